The molecular weight excluding hydrogens is 224 g/mol. The molecule has 0 spiro atoms. The van der Waals surface area contributed by atoms with Crippen LogP contribution in [0, 0.1) is 5.92 Å². The Balaban J connectivity index is 1.53. The molecule has 0 unspecified atom stereocenters. The van der Waals surface area contributed by atoms with E-state index in [0.717, 1.165) is 12.3 Å². The van der Waals surface area contributed by atoms with Crippen molar-refractivity contribution >= 4 is 10.0 Å². The van der Waals surface area contributed by atoms with Gasteiger partial charge in [0.15, 0.2) is 0 Å². The van der Waals surface area contributed by atoms with Crippen molar-refractivity contribution in [1.82, 2.24) is 10.0 Å². The van der Waals surface area contributed by atoms with Crippen molar-refractivity contribution in [2.24, 2.45) is 5.92 Å². The number of sulfonamides is 1. The van der Waals surface area contributed by atoms with Crippen LogP contribution >= 0.6 is 0 Å². The third kappa shape index (κ3) is 4.39. The molecule has 5 heteroatoms. The highest BCUT2D eigenvalue weighted by Crippen LogP contribution is 2.28. The molecule has 0 amide bonds. The fourth-order valence-corrected chi connectivity index (χ4v) is 2.92. The van der Waals surface area contributed by atoms with E-state index in [9.17, 15) is 8.42 Å². The van der Waals surface area contributed by atoms with Crippen LogP contribution in [0.5, 0.6) is 0 Å². The Morgan fingerprint density at radius 1 is 1.06 bits per heavy atom. The zero-order valence-corrected chi connectivity index (χ0v) is 10.6. The smallest absolute Gasteiger partial charge is 0.212 e. The summed E-state index contributed by atoms with van der Waals surface area (Å²) in [6.45, 7) is 1.21. The van der Waals surface area contributed by atoms with Crippen LogP contribution in [0.25, 0.3) is 0 Å². The van der Waals surface area contributed by atoms with Gasteiger partial charge in [0.1, 0.15) is 0 Å². The van der Waals surface area contributed by atoms with Crippen molar-refractivity contribution < 1.29 is 8.42 Å². The molecule has 0 aromatic rings. The van der Waals surface area contributed by atoms with E-state index in [4.69, 9.17) is 0 Å². The Hall–Kier alpha value is -0.130. The van der Waals surface area contributed by atoms with Crippen LogP contribution in [0.2, 0.25) is 0 Å². The zero-order chi connectivity index (χ0) is 11.4. The fraction of sp³-hybridized carbons (Fsp3) is 1.00. The molecule has 0 aromatic carbocycles. The van der Waals surface area contributed by atoms with Gasteiger partial charge in [-0.25, -0.2) is 13.1 Å². The second-order valence-electron chi connectivity index (χ2n) is 5.03. The van der Waals surface area contributed by atoms with Gasteiger partial charge in [-0.05, 0) is 25.2 Å². The van der Waals surface area contributed by atoms with Crippen LogP contribution in [0.15, 0.2) is 0 Å². The van der Waals surface area contributed by atoms with E-state index in [-0.39, 0.29) is 5.75 Å². The summed E-state index contributed by atoms with van der Waals surface area (Å²) in [6.07, 6.45) is 7.30. The predicted octanol–water partition coefficient (Wildman–Crippen LogP) is 0.848. The van der Waals surface area contributed by atoms with Crippen LogP contribution in [0.3, 0.4) is 0 Å². The first-order valence-electron chi connectivity index (χ1n) is 6.36. The summed E-state index contributed by atoms with van der Waals surface area (Å²) >= 11 is 0. The lowest BCUT2D eigenvalue weighted by Gasteiger charge is -2.25. The van der Waals surface area contributed by atoms with Gasteiger partial charge in [-0.2, -0.15) is 0 Å². The van der Waals surface area contributed by atoms with Gasteiger partial charge in [-0.1, -0.05) is 19.3 Å². The number of hydrogen-bond acceptors (Lipinski definition) is 3. The third-order valence-corrected chi connectivity index (χ3v) is 4.87. The van der Waals surface area contributed by atoms with Gasteiger partial charge in [-0.15, -0.1) is 0 Å². The molecule has 94 valence electrons. The standard InChI is InChI=1S/C11H22N2O2S/c14-16(15,9-8-12-11-4-5-11)13-7-6-10-2-1-3-10/h10-13H,1-9H2. The second-order valence-corrected chi connectivity index (χ2v) is 6.95. The number of rotatable bonds is 8. The molecule has 2 aliphatic rings. The van der Waals surface area contributed by atoms with E-state index in [1.54, 1.807) is 0 Å². The summed E-state index contributed by atoms with van der Waals surface area (Å²) in [5.74, 6) is 0.987. The molecule has 0 radical (unpaired) electrons. The van der Waals surface area contributed by atoms with Crippen molar-refractivity contribution in [3.63, 3.8) is 0 Å². The lowest BCUT2D eigenvalue weighted by atomic mass is 9.83. The summed E-state index contributed by atoms with van der Waals surface area (Å²) < 4.78 is 25.8. The minimum atomic E-state index is -3.04. The molecule has 4 nitrogen and oxygen atoms in total. The molecular formula is C11H22N2O2S. The van der Waals surface area contributed by atoms with Gasteiger partial charge in [0.2, 0.25) is 10.0 Å². The molecule has 2 aliphatic carbocycles. The van der Waals surface area contributed by atoms with E-state index >= 15 is 0 Å². The lowest BCUT2D eigenvalue weighted by molar-refractivity contribution is 0.297. The predicted molar refractivity (Wildman–Crippen MR) is 64.8 cm³/mol. The average Bonchev–Trinajstić information content (AvgIpc) is 2.93. The molecule has 0 saturated heterocycles. The van der Waals surface area contributed by atoms with Gasteiger partial charge < -0.3 is 5.32 Å². The van der Waals surface area contributed by atoms with E-state index in [2.05, 4.69) is 10.0 Å². The lowest BCUT2D eigenvalue weighted by Crippen LogP contribution is -2.34. The van der Waals surface area contributed by atoms with Crippen LogP contribution in [-0.4, -0.2) is 33.3 Å². The molecule has 0 bridgehead atoms. The van der Waals surface area contributed by atoms with Gasteiger partial charge in [0.05, 0.1) is 5.75 Å². The number of hydrogen-bond donors (Lipinski definition) is 2. The minimum Gasteiger partial charge on any atom is -0.313 e. The molecule has 2 rings (SSSR count). The molecule has 0 aliphatic heterocycles. The Bertz CT molecular complexity index is 308. The minimum absolute atomic E-state index is 0.216. The van der Waals surface area contributed by atoms with E-state index in [0.29, 0.717) is 19.1 Å². The summed E-state index contributed by atoms with van der Waals surface area (Å²) in [4.78, 5) is 0. The Morgan fingerprint density at radius 2 is 1.81 bits per heavy atom. The Kier molecular flexibility index (Phi) is 4.21. The van der Waals surface area contributed by atoms with Crippen molar-refractivity contribution in [1.29, 1.82) is 0 Å². The highest BCUT2D eigenvalue weighted by atomic mass is 32.2. The average molecular weight is 246 g/mol. The first-order valence-corrected chi connectivity index (χ1v) is 8.02. The quantitative estimate of drug-likeness (QED) is 0.667. The molecule has 0 atom stereocenters. The maximum absolute atomic E-state index is 11.6. The molecule has 0 aromatic heterocycles. The number of nitrogens with one attached hydrogen (secondary N) is 2. The summed E-state index contributed by atoms with van der Waals surface area (Å²) in [5.41, 5.74) is 0. The molecule has 2 N–H and O–H groups in total. The van der Waals surface area contributed by atoms with Crippen molar-refractivity contribution in [2.45, 2.75) is 44.6 Å². The Labute approximate surface area is 98.2 Å². The Morgan fingerprint density at radius 3 is 2.38 bits per heavy atom. The first kappa shape index (κ1) is 12.3. The van der Waals surface area contributed by atoms with Crippen LogP contribution in [0.4, 0.5) is 0 Å². The monoisotopic (exact) mass is 246 g/mol. The van der Waals surface area contributed by atoms with Crippen LogP contribution in [-0.2, 0) is 10.0 Å². The molecule has 0 heterocycles. The van der Waals surface area contributed by atoms with Gasteiger partial charge in [0.25, 0.3) is 0 Å². The maximum atomic E-state index is 11.6. The highest BCUT2D eigenvalue weighted by Gasteiger charge is 2.21. The molecule has 16 heavy (non-hydrogen) atoms. The first-order chi connectivity index (χ1) is 7.66. The summed E-state index contributed by atoms with van der Waals surface area (Å²) in [5, 5.41) is 3.22. The van der Waals surface area contributed by atoms with Gasteiger partial charge in [0, 0.05) is 19.1 Å². The van der Waals surface area contributed by atoms with Gasteiger partial charge >= 0.3 is 0 Å². The SMILES string of the molecule is O=S(=O)(CCNC1CC1)NCCC1CCC1. The fourth-order valence-electron chi connectivity index (χ4n) is 1.96. The van der Waals surface area contributed by atoms with Crippen LogP contribution < -0.4 is 10.0 Å². The van der Waals surface area contributed by atoms with Crippen LogP contribution in [0.1, 0.15) is 38.5 Å². The van der Waals surface area contributed by atoms with Gasteiger partial charge in [-0.3, -0.25) is 0 Å². The molecule has 2 fully saturated rings. The van der Waals surface area contributed by atoms with E-state index in [1.165, 1.54) is 32.1 Å². The zero-order valence-electron chi connectivity index (χ0n) is 9.74. The summed E-state index contributed by atoms with van der Waals surface area (Å²) in [7, 11) is -3.04. The van der Waals surface area contributed by atoms with Crippen molar-refractivity contribution in [2.75, 3.05) is 18.8 Å². The summed E-state index contributed by atoms with van der Waals surface area (Å²) in [6, 6.07) is 0.588. The topological polar surface area (TPSA) is 58.2 Å². The van der Waals surface area contributed by atoms with Crippen molar-refractivity contribution in [3.05, 3.63) is 0 Å². The van der Waals surface area contributed by atoms with E-state index < -0.39 is 10.0 Å². The third-order valence-electron chi connectivity index (χ3n) is 3.48. The highest BCUT2D eigenvalue weighted by molar-refractivity contribution is 7.89. The van der Waals surface area contributed by atoms with Crippen molar-refractivity contribution in [3.8, 4) is 0 Å². The van der Waals surface area contributed by atoms with E-state index in [1.807, 2.05) is 0 Å². The normalized spacial score (nSPS) is 22.0. The largest absolute Gasteiger partial charge is 0.313 e. The maximum Gasteiger partial charge on any atom is 0.212 e. The second kappa shape index (κ2) is 5.47. The molecule has 2 saturated carbocycles.